The Bertz CT molecular complexity index is 958. The monoisotopic (exact) mass is 424 g/mol. The van der Waals surface area contributed by atoms with Gasteiger partial charge in [0.1, 0.15) is 5.69 Å². The van der Waals surface area contributed by atoms with Crippen LogP contribution in [0.4, 0.5) is 18.3 Å². The number of aryl methyl sites for hydroxylation is 1. The molecule has 3 aromatic rings. The van der Waals surface area contributed by atoms with Crippen molar-refractivity contribution in [1.29, 1.82) is 0 Å². The zero-order chi connectivity index (χ0) is 20.1. The lowest BCUT2D eigenvalue weighted by Gasteiger charge is -2.06. The molecule has 28 heavy (non-hydrogen) atoms. The van der Waals surface area contributed by atoms with E-state index >= 15 is 0 Å². The van der Waals surface area contributed by atoms with Crippen molar-refractivity contribution in [3.8, 4) is 11.3 Å². The van der Waals surface area contributed by atoms with E-state index < -0.39 is 17.8 Å². The molecule has 0 atom stereocenters. The number of benzene rings is 1. The molecule has 0 fully saturated rings. The third kappa shape index (κ3) is 5.29. The van der Waals surface area contributed by atoms with Gasteiger partial charge in [-0.15, -0.1) is 11.3 Å². The molecule has 0 aliphatic heterocycles. The summed E-state index contributed by atoms with van der Waals surface area (Å²) in [5.74, 6) is -0.519. The number of carbonyl (C=O) groups excluding carboxylic acids is 1. The first-order valence-corrected chi connectivity index (χ1v) is 10.1. The Hall–Kier alpha value is -2.46. The Balaban J connectivity index is 1.57. The van der Waals surface area contributed by atoms with E-state index in [1.54, 1.807) is 0 Å². The van der Waals surface area contributed by atoms with E-state index in [-0.39, 0.29) is 10.9 Å². The summed E-state index contributed by atoms with van der Waals surface area (Å²) in [6.07, 6.45) is -2.58. The standard InChI is InChI=1S/C18H15F3N4OS2/c1-2-11-3-5-12(6-4-11)13-9-27-17(23-13)25-15(26)10-28-16-22-8-7-14(24-16)18(19,20)21/h3-9H,2,10H2,1H3,(H,23,25,26). The van der Waals surface area contributed by atoms with E-state index in [0.29, 0.717) is 5.13 Å². The zero-order valence-corrected chi connectivity index (χ0v) is 16.3. The fourth-order valence-electron chi connectivity index (χ4n) is 2.23. The van der Waals surface area contributed by atoms with Crippen molar-refractivity contribution in [2.24, 2.45) is 0 Å². The van der Waals surface area contributed by atoms with Crippen molar-refractivity contribution >= 4 is 34.1 Å². The van der Waals surface area contributed by atoms with Gasteiger partial charge in [0.15, 0.2) is 10.3 Å². The van der Waals surface area contributed by atoms with Gasteiger partial charge in [0.2, 0.25) is 5.91 Å². The summed E-state index contributed by atoms with van der Waals surface area (Å²) >= 11 is 2.11. The van der Waals surface area contributed by atoms with Gasteiger partial charge in [-0.25, -0.2) is 15.0 Å². The number of hydrogen-bond acceptors (Lipinski definition) is 6. The maximum Gasteiger partial charge on any atom is 0.433 e. The number of rotatable bonds is 6. The van der Waals surface area contributed by atoms with Crippen molar-refractivity contribution in [2.75, 3.05) is 11.1 Å². The number of thioether (sulfide) groups is 1. The van der Waals surface area contributed by atoms with Crippen LogP contribution in [0.3, 0.4) is 0 Å². The van der Waals surface area contributed by atoms with Gasteiger partial charge in [-0.2, -0.15) is 13.2 Å². The number of hydrogen-bond donors (Lipinski definition) is 1. The third-order valence-corrected chi connectivity index (χ3v) is 5.28. The SMILES string of the molecule is CCc1ccc(-c2csc(NC(=O)CSc3nccc(C(F)(F)F)n3)n2)cc1. The third-order valence-electron chi connectivity index (χ3n) is 3.66. The predicted molar refractivity (Wildman–Crippen MR) is 103 cm³/mol. The van der Waals surface area contributed by atoms with Crippen LogP contribution in [0.5, 0.6) is 0 Å². The van der Waals surface area contributed by atoms with Gasteiger partial charge in [-0.05, 0) is 18.1 Å². The average Bonchev–Trinajstić information content (AvgIpc) is 3.14. The lowest BCUT2D eigenvalue weighted by atomic mass is 10.1. The molecule has 0 aliphatic rings. The van der Waals surface area contributed by atoms with E-state index in [9.17, 15) is 18.0 Å². The fraction of sp³-hybridized carbons (Fsp3) is 0.222. The van der Waals surface area contributed by atoms with Gasteiger partial charge >= 0.3 is 6.18 Å². The predicted octanol–water partition coefficient (Wildman–Crippen LogP) is 4.91. The van der Waals surface area contributed by atoms with Crippen LogP contribution in [0.1, 0.15) is 18.2 Å². The number of alkyl halides is 3. The number of amides is 1. The first kappa shape index (κ1) is 20.3. The first-order valence-electron chi connectivity index (χ1n) is 8.23. The minimum Gasteiger partial charge on any atom is -0.301 e. The largest absolute Gasteiger partial charge is 0.433 e. The molecule has 146 valence electrons. The van der Waals surface area contributed by atoms with Crippen LogP contribution in [-0.2, 0) is 17.4 Å². The van der Waals surface area contributed by atoms with Crippen molar-refractivity contribution < 1.29 is 18.0 Å². The van der Waals surface area contributed by atoms with Crippen LogP contribution in [0.15, 0.2) is 47.1 Å². The maximum absolute atomic E-state index is 12.7. The molecule has 1 aromatic carbocycles. The molecule has 1 N–H and O–H groups in total. The van der Waals surface area contributed by atoms with E-state index in [0.717, 1.165) is 41.7 Å². The van der Waals surface area contributed by atoms with Crippen molar-refractivity contribution in [3.05, 3.63) is 53.2 Å². The van der Waals surface area contributed by atoms with Crippen LogP contribution in [-0.4, -0.2) is 26.6 Å². The Labute approximate surface area is 167 Å². The summed E-state index contributed by atoms with van der Waals surface area (Å²) in [5, 5.41) is 4.78. The molecule has 2 aromatic heterocycles. The second-order valence-electron chi connectivity index (χ2n) is 5.65. The second kappa shape index (κ2) is 8.70. The number of halogens is 3. The summed E-state index contributed by atoms with van der Waals surface area (Å²) < 4.78 is 38.0. The molecule has 2 heterocycles. The molecule has 0 bridgehead atoms. The number of nitrogens with zero attached hydrogens (tertiary/aromatic N) is 3. The summed E-state index contributed by atoms with van der Waals surface area (Å²) in [7, 11) is 0. The normalized spacial score (nSPS) is 11.4. The second-order valence-corrected chi connectivity index (χ2v) is 7.45. The fourth-order valence-corrected chi connectivity index (χ4v) is 3.60. The Morgan fingerprint density at radius 2 is 1.93 bits per heavy atom. The van der Waals surface area contributed by atoms with E-state index in [4.69, 9.17) is 0 Å². The summed E-state index contributed by atoms with van der Waals surface area (Å²) in [6, 6.07) is 8.78. The van der Waals surface area contributed by atoms with Gasteiger partial charge in [-0.1, -0.05) is 43.0 Å². The van der Waals surface area contributed by atoms with E-state index in [2.05, 4.69) is 27.2 Å². The van der Waals surface area contributed by atoms with Crippen LogP contribution in [0.2, 0.25) is 0 Å². The van der Waals surface area contributed by atoms with Gasteiger partial charge in [0.05, 0.1) is 11.4 Å². The first-order chi connectivity index (χ1) is 13.3. The highest BCUT2D eigenvalue weighted by atomic mass is 32.2. The lowest BCUT2D eigenvalue weighted by Crippen LogP contribution is -2.14. The molecule has 0 radical (unpaired) electrons. The van der Waals surface area contributed by atoms with Gasteiger partial charge in [-0.3, -0.25) is 4.79 Å². The number of aromatic nitrogens is 3. The molecular weight excluding hydrogens is 409 g/mol. The van der Waals surface area contributed by atoms with Crippen molar-refractivity contribution in [1.82, 2.24) is 15.0 Å². The number of nitrogens with one attached hydrogen (secondary N) is 1. The molecule has 0 saturated carbocycles. The van der Waals surface area contributed by atoms with Gasteiger partial charge in [0, 0.05) is 17.1 Å². The van der Waals surface area contributed by atoms with E-state index in [1.807, 2.05) is 29.6 Å². The summed E-state index contributed by atoms with van der Waals surface area (Å²) in [4.78, 5) is 23.6. The van der Waals surface area contributed by atoms with Crippen molar-refractivity contribution in [3.63, 3.8) is 0 Å². The van der Waals surface area contributed by atoms with Crippen LogP contribution in [0, 0.1) is 0 Å². The van der Waals surface area contributed by atoms with Crippen LogP contribution in [0.25, 0.3) is 11.3 Å². The number of carbonyl (C=O) groups is 1. The van der Waals surface area contributed by atoms with E-state index in [1.165, 1.54) is 16.9 Å². The van der Waals surface area contributed by atoms with Crippen LogP contribution < -0.4 is 5.32 Å². The Kier molecular flexibility index (Phi) is 6.30. The zero-order valence-electron chi connectivity index (χ0n) is 14.7. The molecule has 1 amide bonds. The molecule has 0 aliphatic carbocycles. The molecule has 0 unspecified atom stereocenters. The summed E-state index contributed by atoms with van der Waals surface area (Å²) in [5.41, 5.74) is 1.88. The number of thiazole rings is 1. The maximum atomic E-state index is 12.7. The Morgan fingerprint density at radius 3 is 2.61 bits per heavy atom. The average molecular weight is 424 g/mol. The van der Waals surface area contributed by atoms with Gasteiger partial charge < -0.3 is 5.32 Å². The quantitative estimate of drug-likeness (QED) is 0.450. The highest BCUT2D eigenvalue weighted by Gasteiger charge is 2.32. The molecule has 10 heteroatoms. The van der Waals surface area contributed by atoms with Crippen molar-refractivity contribution in [2.45, 2.75) is 24.7 Å². The Morgan fingerprint density at radius 1 is 1.18 bits per heavy atom. The molecule has 0 spiro atoms. The minimum absolute atomic E-state index is 0.110. The lowest BCUT2D eigenvalue weighted by molar-refractivity contribution is -0.141. The molecule has 5 nitrogen and oxygen atoms in total. The molecule has 3 rings (SSSR count). The highest BCUT2D eigenvalue weighted by molar-refractivity contribution is 7.99. The molecular formula is C18H15F3N4OS2. The van der Waals surface area contributed by atoms with Gasteiger partial charge in [0.25, 0.3) is 0 Å². The smallest absolute Gasteiger partial charge is 0.301 e. The summed E-state index contributed by atoms with van der Waals surface area (Å²) in [6.45, 7) is 2.08. The van der Waals surface area contributed by atoms with Crippen LogP contribution >= 0.6 is 23.1 Å². The molecule has 0 saturated heterocycles. The number of anilines is 1. The minimum atomic E-state index is -4.55. The topological polar surface area (TPSA) is 67.8 Å². The highest BCUT2D eigenvalue weighted by Crippen LogP contribution is 2.29.